The fourth-order valence-electron chi connectivity index (χ4n) is 2.48. The molecule has 2 nitrogen and oxygen atoms in total. The summed E-state index contributed by atoms with van der Waals surface area (Å²) in [5.74, 6) is 0.639. The molecule has 21 heavy (non-hydrogen) atoms. The number of aryl methyl sites for hydroxylation is 3. The lowest BCUT2D eigenvalue weighted by Crippen LogP contribution is -2.02. The highest BCUT2D eigenvalue weighted by Gasteiger charge is 2.09. The fraction of sp³-hybridized carbons (Fsp3) is 0.333. The molecule has 112 valence electrons. The smallest absolute Gasteiger partial charge is 0.138 e. The number of hydrogen-bond donors (Lipinski definition) is 1. The Kier molecular flexibility index (Phi) is 4.92. The Balaban J connectivity index is 2.17. The molecule has 3 heteroatoms. The molecule has 0 aromatic heterocycles. The highest BCUT2D eigenvalue weighted by Crippen LogP contribution is 2.29. The second-order valence-electron chi connectivity index (χ2n) is 5.53. The van der Waals surface area contributed by atoms with E-state index in [1.807, 2.05) is 12.1 Å². The van der Waals surface area contributed by atoms with Gasteiger partial charge in [-0.05, 0) is 62.1 Å². The van der Waals surface area contributed by atoms with E-state index in [2.05, 4.69) is 32.9 Å². The molecule has 0 spiro atoms. The summed E-state index contributed by atoms with van der Waals surface area (Å²) in [5.41, 5.74) is 5.69. The first kappa shape index (κ1) is 15.9. The maximum absolute atomic E-state index is 9.55. The van der Waals surface area contributed by atoms with E-state index in [-0.39, 0.29) is 0 Å². The third-order valence-corrected chi connectivity index (χ3v) is 3.95. The van der Waals surface area contributed by atoms with Crippen molar-refractivity contribution < 1.29 is 9.84 Å². The molecule has 0 aliphatic rings. The van der Waals surface area contributed by atoms with Crippen molar-refractivity contribution in [1.29, 1.82) is 0 Å². The molecule has 2 aromatic carbocycles. The summed E-state index contributed by atoms with van der Waals surface area (Å²) >= 11 is 6.21. The van der Waals surface area contributed by atoms with Gasteiger partial charge in [0.2, 0.25) is 0 Å². The van der Waals surface area contributed by atoms with Crippen LogP contribution >= 0.6 is 11.6 Å². The van der Waals surface area contributed by atoms with Crippen molar-refractivity contribution >= 4 is 11.6 Å². The molecule has 0 amide bonds. The zero-order valence-corrected chi connectivity index (χ0v) is 13.7. The highest BCUT2D eigenvalue weighted by atomic mass is 35.5. The van der Waals surface area contributed by atoms with Crippen LogP contribution in [0.3, 0.4) is 0 Å². The Bertz CT molecular complexity index is 625. The summed E-state index contributed by atoms with van der Waals surface area (Å²) in [6, 6.07) is 9.70. The third-order valence-electron chi connectivity index (χ3n) is 3.65. The molecule has 2 rings (SSSR count). The maximum Gasteiger partial charge on any atom is 0.138 e. The highest BCUT2D eigenvalue weighted by molar-refractivity contribution is 6.32. The van der Waals surface area contributed by atoms with Crippen molar-refractivity contribution in [2.45, 2.75) is 40.4 Å². The Hall–Kier alpha value is -1.51. The average molecular weight is 305 g/mol. The normalized spacial score (nSPS) is 12.3. The van der Waals surface area contributed by atoms with E-state index in [1.165, 1.54) is 22.3 Å². The van der Waals surface area contributed by atoms with E-state index >= 15 is 0 Å². The van der Waals surface area contributed by atoms with Crippen LogP contribution < -0.4 is 4.74 Å². The van der Waals surface area contributed by atoms with Gasteiger partial charge < -0.3 is 9.84 Å². The van der Waals surface area contributed by atoms with Crippen LogP contribution in [0.2, 0.25) is 5.02 Å². The number of aliphatic hydroxyl groups is 1. The van der Waals surface area contributed by atoms with Crippen molar-refractivity contribution in [3.05, 3.63) is 63.2 Å². The van der Waals surface area contributed by atoms with Gasteiger partial charge in [-0.1, -0.05) is 35.4 Å². The molecule has 0 bridgehead atoms. The van der Waals surface area contributed by atoms with E-state index in [0.29, 0.717) is 17.4 Å². The van der Waals surface area contributed by atoms with E-state index in [0.717, 1.165) is 5.56 Å². The molecule has 0 radical (unpaired) electrons. The Morgan fingerprint density at radius 2 is 1.71 bits per heavy atom. The summed E-state index contributed by atoms with van der Waals surface area (Å²) in [4.78, 5) is 0. The maximum atomic E-state index is 9.55. The summed E-state index contributed by atoms with van der Waals surface area (Å²) in [6.07, 6.45) is -0.530. The van der Waals surface area contributed by atoms with Crippen LogP contribution in [0.4, 0.5) is 0 Å². The van der Waals surface area contributed by atoms with E-state index in [1.54, 1.807) is 13.0 Å². The Morgan fingerprint density at radius 1 is 1.10 bits per heavy atom. The van der Waals surface area contributed by atoms with Crippen molar-refractivity contribution in [2.24, 2.45) is 0 Å². The van der Waals surface area contributed by atoms with Gasteiger partial charge in [-0.15, -0.1) is 0 Å². The second kappa shape index (κ2) is 6.50. The van der Waals surface area contributed by atoms with Gasteiger partial charge >= 0.3 is 0 Å². The first-order valence-electron chi connectivity index (χ1n) is 7.05. The third kappa shape index (κ3) is 3.78. The average Bonchev–Trinajstić information content (AvgIpc) is 2.38. The van der Waals surface area contributed by atoms with E-state index < -0.39 is 6.10 Å². The van der Waals surface area contributed by atoms with Crippen molar-refractivity contribution in [2.75, 3.05) is 0 Å². The number of aliphatic hydroxyl groups excluding tert-OH is 1. The summed E-state index contributed by atoms with van der Waals surface area (Å²) in [5, 5.41) is 10.1. The molecule has 0 fully saturated rings. The Morgan fingerprint density at radius 3 is 2.24 bits per heavy atom. The van der Waals surface area contributed by atoms with Gasteiger partial charge in [0.1, 0.15) is 12.4 Å². The van der Waals surface area contributed by atoms with Crippen LogP contribution in [-0.4, -0.2) is 5.11 Å². The number of hydrogen-bond acceptors (Lipinski definition) is 2. The minimum Gasteiger partial charge on any atom is -0.487 e. The first-order valence-corrected chi connectivity index (χ1v) is 7.43. The van der Waals surface area contributed by atoms with Gasteiger partial charge in [0, 0.05) is 0 Å². The van der Waals surface area contributed by atoms with Gasteiger partial charge in [-0.25, -0.2) is 0 Å². The van der Waals surface area contributed by atoms with Crippen molar-refractivity contribution in [3.8, 4) is 5.75 Å². The number of halogens is 1. The topological polar surface area (TPSA) is 29.5 Å². The molecule has 0 saturated heterocycles. The molecule has 0 aliphatic heterocycles. The van der Waals surface area contributed by atoms with Crippen LogP contribution in [0.1, 0.15) is 40.8 Å². The summed E-state index contributed by atoms with van der Waals surface area (Å²) < 4.78 is 5.85. The predicted molar refractivity (Wildman–Crippen MR) is 87.1 cm³/mol. The van der Waals surface area contributed by atoms with Gasteiger partial charge in [-0.2, -0.15) is 0 Å². The van der Waals surface area contributed by atoms with E-state index in [9.17, 15) is 5.11 Å². The van der Waals surface area contributed by atoms with Crippen LogP contribution in [0.15, 0.2) is 30.3 Å². The Labute approximate surface area is 131 Å². The summed E-state index contributed by atoms with van der Waals surface area (Å²) in [6.45, 7) is 8.49. The molecular weight excluding hydrogens is 284 g/mol. The lowest BCUT2D eigenvalue weighted by atomic mass is 10.0. The minimum absolute atomic E-state index is 0.492. The largest absolute Gasteiger partial charge is 0.487 e. The lowest BCUT2D eigenvalue weighted by Gasteiger charge is -2.14. The van der Waals surface area contributed by atoms with Crippen molar-refractivity contribution in [3.63, 3.8) is 0 Å². The van der Waals surface area contributed by atoms with Gasteiger partial charge in [0.15, 0.2) is 0 Å². The quantitative estimate of drug-likeness (QED) is 0.870. The molecule has 1 N–H and O–H groups in total. The zero-order valence-electron chi connectivity index (χ0n) is 12.9. The molecule has 2 aromatic rings. The van der Waals surface area contributed by atoms with E-state index in [4.69, 9.17) is 16.3 Å². The second-order valence-corrected chi connectivity index (χ2v) is 5.94. The predicted octanol–water partition coefficient (Wildman–Crippen LogP) is 4.90. The zero-order chi connectivity index (χ0) is 15.6. The van der Waals surface area contributed by atoms with Crippen LogP contribution in [0.25, 0.3) is 0 Å². The standard InChI is InChI=1S/C18H21ClO2/c1-11-7-12(2)16(13(3)8-11)10-21-18-6-5-15(14(4)20)9-17(18)19/h5-9,14,20H,10H2,1-4H3/t14-/m0/s1. The van der Waals surface area contributed by atoms with Crippen LogP contribution in [0, 0.1) is 20.8 Å². The minimum atomic E-state index is -0.530. The SMILES string of the molecule is Cc1cc(C)c(COc2ccc([C@H](C)O)cc2Cl)c(C)c1. The number of benzene rings is 2. The van der Waals surface area contributed by atoms with Gasteiger partial charge in [-0.3, -0.25) is 0 Å². The van der Waals surface area contributed by atoms with Crippen LogP contribution in [-0.2, 0) is 6.61 Å². The first-order chi connectivity index (χ1) is 9.88. The molecule has 0 heterocycles. The van der Waals surface area contributed by atoms with Gasteiger partial charge in [0.05, 0.1) is 11.1 Å². The molecule has 0 unspecified atom stereocenters. The molecular formula is C18H21ClO2. The molecule has 0 aliphatic carbocycles. The number of ether oxygens (including phenoxy) is 1. The molecule has 0 saturated carbocycles. The summed E-state index contributed by atoms with van der Waals surface area (Å²) in [7, 11) is 0. The van der Waals surface area contributed by atoms with Crippen molar-refractivity contribution in [1.82, 2.24) is 0 Å². The number of rotatable bonds is 4. The van der Waals surface area contributed by atoms with Gasteiger partial charge in [0.25, 0.3) is 0 Å². The monoisotopic (exact) mass is 304 g/mol. The fourth-order valence-corrected chi connectivity index (χ4v) is 2.73. The lowest BCUT2D eigenvalue weighted by molar-refractivity contribution is 0.199. The van der Waals surface area contributed by atoms with Crippen LogP contribution in [0.5, 0.6) is 5.75 Å². The molecule has 1 atom stereocenters.